The highest BCUT2D eigenvalue weighted by Gasteiger charge is 2.04. The third-order valence-corrected chi connectivity index (χ3v) is 1.85. The van der Waals surface area contributed by atoms with Gasteiger partial charge in [-0.15, -0.1) is 0 Å². The molecule has 0 unspecified atom stereocenters. The van der Waals surface area contributed by atoms with Gasteiger partial charge in [0.05, 0.1) is 11.6 Å². The number of aldehydes is 1. The molecule has 0 aliphatic rings. The minimum absolute atomic E-state index is 0.230. The van der Waals surface area contributed by atoms with Crippen molar-refractivity contribution in [2.45, 2.75) is 12.5 Å². The van der Waals surface area contributed by atoms with Gasteiger partial charge >= 0.3 is 5.97 Å². The highest BCUT2D eigenvalue weighted by Crippen LogP contribution is 2.05. The second-order valence-corrected chi connectivity index (χ2v) is 3.01. The summed E-state index contributed by atoms with van der Waals surface area (Å²) < 4.78 is 0. The maximum atomic E-state index is 10.5. The van der Waals surface area contributed by atoms with E-state index in [1.54, 1.807) is 12.1 Å². The number of carbonyl (C=O) groups is 2. The predicted molar refractivity (Wildman–Crippen MR) is 51.1 cm³/mol. The first-order valence-corrected chi connectivity index (χ1v) is 4.16. The Kier molecular flexibility index (Phi) is 3.36. The Morgan fingerprint density at radius 3 is 2.43 bits per heavy atom. The number of carboxylic acids is 1. The van der Waals surface area contributed by atoms with Gasteiger partial charge in [-0.05, 0) is 24.1 Å². The van der Waals surface area contributed by atoms with Crippen LogP contribution in [0, 0.1) is 0 Å². The van der Waals surface area contributed by atoms with Crippen LogP contribution in [0.3, 0.4) is 0 Å². The third-order valence-electron chi connectivity index (χ3n) is 1.85. The molecule has 0 fully saturated rings. The summed E-state index contributed by atoms with van der Waals surface area (Å²) in [5.74, 6) is -0.962. The minimum atomic E-state index is -0.962. The second kappa shape index (κ2) is 4.53. The van der Waals surface area contributed by atoms with E-state index in [4.69, 9.17) is 10.8 Å². The minimum Gasteiger partial charge on any atom is -0.478 e. The van der Waals surface area contributed by atoms with E-state index >= 15 is 0 Å². The van der Waals surface area contributed by atoms with Gasteiger partial charge in [0.15, 0.2) is 0 Å². The van der Waals surface area contributed by atoms with Crippen molar-refractivity contribution in [3.05, 3.63) is 35.4 Å². The number of hydrogen-bond donors (Lipinski definition) is 2. The first-order valence-electron chi connectivity index (χ1n) is 4.16. The first-order chi connectivity index (χ1) is 6.63. The summed E-state index contributed by atoms with van der Waals surface area (Å²) >= 11 is 0. The summed E-state index contributed by atoms with van der Waals surface area (Å²) in [6, 6.07) is 5.79. The summed E-state index contributed by atoms with van der Waals surface area (Å²) in [5.41, 5.74) is 6.50. The molecule has 4 heteroatoms. The molecule has 4 nitrogen and oxygen atoms in total. The molecule has 1 atom stereocenters. The average molecular weight is 193 g/mol. The topological polar surface area (TPSA) is 80.4 Å². The van der Waals surface area contributed by atoms with Gasteiger partial charge in [0.25, 0.3) is 0 Å². The molecule has 1 rings (SSSR count). The Hall–Kier alpha value is -1.68. The number of rotatable bonds is 4. The SMILES string of the molecule is N[C@H](C=O)Cc1ccc(C(=O)O)cc1. The zero-order valence-electron chi connectivity index (χ0n) is 7.51. The lowest BCUT2D eigenvalue weighted by Crippen LogP contribution is -2.24. The normalized spacial score (nSPS) is 12.1. The van der Waals surface area contributed by atoms with Gasteiger partial charge in [-0.1, -0.05) is 12.1 Å². The van der Waals surface area contributed by atoms with Crippen LogP contribution >= 0.6 is 0 Å². The van der Waals surface area contributed by atoms with Gasteiger partial charge in [-0.2, -0.15) is 0 Å². The Labute approximate surface area is 81.3 Å². The molecule has 0 aliphatic heterocycles. The van der Waals surface area contributed by atoms with E-state index in [9.17, 15) is 9.59 Å². The van der Waals surface area contributed by atoms with Crippen molar-refractivity contribution in [1.29, 1.82) is 0 Å². The number of aromatic carboxylic acids is 1. The number of carboxylic acid groups (broad SMARTS) is 1. The highest BCUT2D eigenvalue weighted by atomic mass is 16.4. The molecule has 0 amide bonds. The van der Waals surface area contributed by atoms with Crippen molar-refractivity contribution < 1.29 is 14.7 Å². The highest BCUT2D eigenvalue weighted by molar-refractivity contribution is 5.87. The van der Waals surface area contributed by atoms with Crippen LogP contribution in [0.1, 0.15) is 15.9 Å². The first kappa shape index (κ1) is 10.4. The summed E-state index contributed by atoms with van der Waals surface area (Å²) in [6.45, 7) is 0. The molecule has 0 heterocycles. The fourth-order valence-corrected chi connectivity index (χ4v) is 1.10. The molecule has 3 N–H and O–H groups in total. The quantitative estimate of drug-likeness (QED) is 0.680. The molecule has 0 aliphatic carbocycles. The van der Waals surface area contributed by atoms with Crippen molar-refractivity contribution in [1.82, 2.24) is 0 Å². The van der Waals surface area contributed by atoms with Gasteiger partial charge in [-0.3, -0.25) is 0 Å². The molecule has 0 spiro atoms. The zero-order chi connectivity index (χ0) is 10.6. The zero-order valence-corrected chi connectivity index (χ0v) is 7.51. The van der Waals surface area contributed by atoms with Crippen molar-refractivity contribution >= 4 is 12.3 Å². The molecule has 1 aromatic carbocycles. The van der Waals surface area contributed by atoms with Crippen LogP contribution in [0.4, 0.5) is 0 Å². The second-order valence-electron chi connectivity index (χ2n) is 3.01. The molecule has 0 saturated carbocycles. The molecule has 1 aromatic rings. The number of hydrogen-bond acceptors (Lipinski definition) is 3. The molecule has 0 bridgehead atoms. The Balaban J connectivity index is 2.73. The van der Waals surface area contributed by atoms with E-state index in [1.165, 1.54) is 12.1 Å². The van der Waals surface area contributed by atoms with Crippen molar-refractivity contribution in [2.75, 3.05) is 0 Å². The molecule has 14 heavy (non-hydrogen) atoms. The fourth-order valence-electron chi connectivity index (χ4n) is 1.10. The fraction of sp³-hybridized carbons (Fsp3) is 0.200. The van der Waals surface area contributed by atoms with Crippen LogP contribution in [0.5, 0.6) is 0 Å². The molecule has 0 radical (unpaired) electrons. The average Bonchev–Trinajstić information content (AvgIpc) is 2.18. The van der Waals surface area contributed by atoms with Crippen LogP contribution in [-0.4, -0.2) is 23.4 Å². The standard InChI is InChI=1S/C10H11NO3/c11-9(6-12)5-7-1-3-8(4-2-7)10(13)14/h1-4,6,9H,5,11H2,(H,13,14)/t9-/m0/s1. The Morgan fingerprint density at radius 2 is 2.00 bits per heavy atom. The Morgan fingerprint density at radius 1 is 1.43 bits per heavy atom. The molecular formula is C10H11NO3. The van der Waals surface area contributed by atoms with Crippen molar-refractivity contribution in [2.24, 2.45) is 5.73 Å². The lowest BCUT2D eigenvalue weighted by molar-refractivity contribution is -0.108. The maximum Gasteiger partial charge on any atom is 0.335 e. The number of nitrogens with two attached hydrogens (primary N) is 1. The number of carbonyl (C=O) groups excluding carboxylic acids is 1. The van der Waals surface area contributed by atoms with Crippen LogP contribution in [0.15, 0.2) is 24.3 Å². The van der Waals surface area contributed by atoms with Crippen LogP contribution in [-0.2, 0) is 11.2 Å². The van der Waals surface area contributed by atoms with Crippen molar-refractivity contribution in [3.63, 3.8) is 0 Å². The predicted octanol–water partition coefficient (Wildman–Crippen LogP) is 0.453. The molecule has 0 aromatic heterocycles. The van der Waals surface area contributed by atoms with E-state index in [0.29, 0.717) is 12.7 Å². The van der Waals surface area contributed by atoms with Gasteiger partial charge in [0.2, 0.25) is 0 Å². The summed E-state index contributed by atoms with van der Waals surface area (Å²) in [6.07, 6.45) is 1.11. The van der Waals surface area contributed by atoms with E-state index in [-0.39, 0.29) is 5.56 Å². The third kappa shape index (κ3) is 2.67. The van der Waals surface area contributed by atoms with E-state index in [0.717, 1.165) is 5.56 Å². The van der Waals surface area contributed by atoms with Gasteiger partial charge < -0.3 is 15.6 Å². The largest absolute Gasteiger partial charge is 0.478 e. The van der Waals surface area contributed by atoms with Gasteiger partial charge in [-0.25, -0.2) is 4.79 Å². The maximum absolute atomic E-state index is 10.5. The van der Waals surface area contributed by atoms with E-state index in [2.05, 4.69) is 0 Å². The molecule has 0 saturated heterocycles. The summed E-state index contributed by atoms with van der Waals surface area (Å²) in [5, 5.41) is 8.62. The Bertz CT molecular complexity index is 332. The van der Waals surface area contributed by atoms with Crippen LogP contribution in [0.25, 0.3) is 0 Å². The number of benzene rings is 1. The van der Waals surface area contributed by atoms with Crippen molar-refractivity contribution in [3.8, 4) is 0 Å². The summed E-state index contributed by atoms with van der Waals surface area (Å²) in [4.78, 5) is 20.8. The van der Waals surface area contributed by atoms with Crippen LogP contribution in [0.2, 0.25) is 0 Å². The smallest absolute Gasteiger partial charge is 0.335 e. The summed E-state index contributed by atoms with van der Waals surface area (Å²) in [7, 11) is 0. The van der Waals surface area contributed by atoms with Crippen LogP contribution < -0.4 is 5.73 Å². The lowest BCUT2D eigenvalue weighted by atomic mass is 10.1. The van der Waals surface area contributed by atoms with Gasteiger partial charge in [0, 0.05) is 0 Å². The molecule has 74 valence electrons. The monoisotopic (exact) mass is 193 g/mol. The van der Waals surface area contributed by atoms with E-state index < -0.39 is 12.0 Å². The van der Waals surface area contributed by atoms with E-state index in [1.807, 2.05) is 0 Å². The molecular weight excluding hydrogens is 182 g/mol. The lowest BCUT2D eigenvalue weighted by Gasteiger charge is -2.03. The van der Waals surface area contributed by atoms with Gasteiger partial charge in [0.1, 0.15) is 6.29 Å².